The lowest BCUT2D eigenvalue weighted by Gasteiger charge is -2.20. The van der Waals surface area contributed by atoms with Gasteiger partial charge in [-0.2, -0.15) is 0 Å². The maximum Gasteiger partial charge on any atom is 0.126 e. The molecular weight excluding hydrogens is 208 g/mol. The van der Waals surface area contributed by atoms with Crippen LogP contribution in [-0.4, -0.2) is 24.0 Å². The van der Waals surface area contributed by atoms with E-state index in [1.165, 1.54) is 12.1 Å². The summed E-state index contributed by atoms with van der Waals surface area (Å²) in [4.78, 5) is 2.29. The molecule has 0 unspecified atom stereocenters. The van der Waals surface area contributed by atoms with E-state index in [2.05, 4.69) is 25.2 Å². The number of benzene rings is 1. The molecule has 1 saturated heterocycles. The Morgan fingerprint density at radius 3 is 2.31 bits per heavy atom. The lowest BCUT2D eigenvalue weighted by Crippen LogP contribution is -2.27. The highest BCUT2D eigenvalue weighted by Crippen LogP contribution is 2.28. The molecule has 0 amide bonds. The molecule has 1 fully saturated rings. The summed E-state index contributed by atoms with van der Waals surface area (Å²) in [6.07, 6.45) is 2.12. The van der Waals surface area contributed by atoms with Crippen LogP contribution < -0.4 is 0 Å². The van der Waals surface area contributed by atoms with E-state index in [4.69, 9.17) is 0 Å². The van der Waals surface area contributed by atoms with Crippen molar-refractivity contribution in [1.29, 1.82) is 0 Å². The molecule has 0 aromatic heterocycles. The first-order valence-corrected chi connectivity index (χ1v) is 5.59. The van der Waals surface area contributed by atoms with Crippen LogP contribution >= 0.6 is 0 Å². The zero-order valence-corrected chi connectivity index (χ0v) is 9.58. The number of likely N-dealkylation sites (tertiary alicyclic amines) is 1. The van der Waals surface area contributed by atoms with Crippen LogP contribution in [0.2, 0.25) is 0 Å². The van der Waals surface area contributed by atoms with E-state index in [0.29, 0.717) is 6.04 Å². The van der Waals surface area contributed by atoms with Gasteiger partial charge >= 0.3 is 0 Å². The van der Waals surface area contributed by atoms with Crippen molar-refractivity contribution >= 4 is 0 Å². The third-order valence-electron chi connectivity index (χ3n) is 3.10. The summed E-state index contributed by atoms with van der Waals surface area (Å²) in [5, 5.41) is 0. The van der Waals surface area contributed by atoms with E-state index >= 15 is 0 Å². The van der Waals surface area contributed by atoms with Gasteiger partial charge in [-0.25, -0.2) is 8.78 Å². The molecule has 2 rings (SSSR count). The van der Waals surface area contributed by atoms with Crippen molar-refractivity contribution in [3.8, 4) is 0 Å². The summed E-state index contributed by atoms with van der Waals surface area (Å²) < 4.78 is 26.1. The van der Waals surface area contributed by atoms with Crippen LogP contribution in [0.1, 0.15) is 25.3 Å². The first-order valence-electron chi connectivity index (χ1n) is 5.59. The molecule has 1 aromatic carbocycles. The minimum absolute atomic E-state index is 0.146. The molecule has 1 aromatic rings. The van der Waals surface area contributed by atoms with Crippen LogP contribution in [0.15, 0.2) is 18.2 Å². The van der Waals surface area contributed by atoms with Crippen molar-refractivity contribution in [2.24, 2.45) is 0 Å². The van der Waals surface area contributed by atoms with Gasteiger partial charge in [0.15, 0.2) is 0 Å². The molecule has 0 saturated carbocycles. The van der Waals surface area contributed by atoms with Crippen LogP contribution in [0.4, 0.5) is 8.78 Å². The Morgan fingerprint density at radius 2 is 1.81 bits per heavy atom. The fourth-order valence-electron chi connectivity index (χ4n) is 2.12. The topological polar surface area (TPSA) is 3.24 Å². The number of hydrogen-bond acceptors (Lipinski definition) is 1. The van der Waals surface area contributed by atoms with Crippen molar-refractivity contribution in [1.82, 2.24) is 4.90 Å². The van der Waals surface area contributed by atoms with Crippen molar-refractivity contribution in [2.75, 3.05) is 13.1 Å². The van der Waals surface area contributed by atoms with E-state index < -0.39 is 11.6 Å². The molecule has 1 nitrogen and oxygen atoms in total. The number of hydrogen-bond donors (Lipinski definition) is 0. The lowest BCUT2D eigenvalue weighted by atomic mass is 9.98. The second kappa shape index (κ2) is 4.50. The van der Waals surface area contributed by atoms with Gasteiger partial charge in [-0.15, -0.1) is 0 Å². The fourth-order valence-corrected chi connectivity index (χ4v) is 2.12. The molecular formula is C13H16F2N. The van der Waals surface area contributed by atoms with E-state index in [0.717, 1.165) is 24.7 Å². The minimum Gasteiger partial charge on any atom is -0.300 e. The van der Waals surface area contributed by atoms with Gasteiger partial charge in [0.25, 0.3) is 0 Å². The number of nitrogens with zero attached hydrogens (tertiary/aromatic N) is 1. The number of halogens is 2. The van der Waals surface area contributed by atoms with Crippen LogP contribution in [0, 0.1) is 18.1 Å². The summed E-state index contributed by atoms with van der Waals surface area (Å²) in [6.45, 7) is 5.99. The molecule has 1 atom stereocenters. The largest absolute Gasteiger partial charge is 0.300 e. The Morgan fingerprint density at radius 1 is 1.19 bits per heavy atom. The highest BCUT2D eigenvalue weighted by molar-refractivity contribution is 5.26. The predicted molar refractivity (Wildman–Crippen MR) is 60.1 cm³/mol. The Labute approximate surface area is 95.1 Å². The second-order valence-corrected chi connectivity index (χ2v) is 4.59. The molecule has 87 valence electrons. The van der Waals surface area contributed by atoms with Gasteiger partial charge in [0, 0.05) is 31.1 Å². The first-order chi connectivity index (χ1) is 7.56. The van der Waals surface area contributed by atoms with Gasteiger partial charge in [0.1, 0.15) is 11.6 Å². The molecule has 0 aliphatic carbocycles. The van der Waals surface area contributed by atoms with Gasteiger partial charge in [-0.3, -0.25) is 0 Å². The third kappa shape index (κ3) is 2.40. The molecule has 0 N–H and O–H groups in total. The minimum atomic E-state index is -0.494. The summed E-state index contributed by atoms with van der Waals surface area (Å²) >= 11 is 0. The van der Waals surface area contributed by atoms with E-state index in [1.54, 1.807) is 0 Å². The van der Waals surface area contributed by atoms with E-state index in [1.807, 2.05) is 0 Å². The average Bonchev–Trinajstić information content (AvgIpc) is 2.64. The highest BCUT2D eigenvalue weighted by atomic mass is 19.1. The van der Waals surface area contributed by atoms with Crippen molar-refractivity contribution in [3.63, 3.8) is 0 Å². The van der Waals surface area contributed by atoms with Crippen molar-refractivity contribution in [2.45, 2.75) is 25.8 Å². The molecule has 0 bridgehead atoms. The highest BCUT2D eigenvalue weighted by Gasteiger charge is 2.26. The Bertz CT molecular complexity index is 356. The Balaban J connectivity index is 2.14. The Kier molecular flexibility index (Phi) is 3.24. The van der Waals surface area contributed by atoms with Crippen LogP contribution in [0.25, 0.3) is 0 Å². The smallest absolute Gasteiger partial charge is 0.126 e. The molecule has 3 heteroatoms. The molecule has 16 heavy (non-hydrogen) atoms. The van der Waals surface area contributed by atoms with Crippen LogP contribution in [0.3, 0.4) is 0 Å². The van der Waals surface area contributed by atoms with Crippen LogP contribution in [0.5, 0.6) is 0 Å². The second-order valence-electron chi connectivity index (χ2n) is 4.59. The van der Waals surface area contributed by atoms with Gasteiger partial charge in [0.05, 0.1) is 0 Å². The molecule has 1 aliphatic rings. The standard InChI is InChI=1S/C13H16F2N/c1-9(2)16-4-3-10(8-16)11-5-12(14)7-13(15)6-11/h3,5-7,9-10H,4,8H2,1-2H3/t10-/m0/s1. The average molecular weight is 224 g/mol. The van der Waals surface area contributed by atoms with Gasteiger partial charge in [-0.1, -0.05) is 0 Å². The molecule has 1 aliphatic heterocycles. The SMILES string of the molecule is CC(C)N1C[CH][C@H](c2cc(F)cc(F)c2)C1. The first kappa shape index (κ1) is 11.5. The zero-order valence-electron chi connectivity index (χ0n) is 9.58. The Hall–Kier alpha value is -0.960. The molecule has 1 heterocycles. The number of rotatable bonds is 2. The summed E-state index contributed by atoms with van der Waals surface area (Å²) in [5.74, 6) is -0.842. The lowest BCUT2D eigenvalue weighted by molar-refractivity contribution is 0.275. The van der Waals surface area contributed by atoms with Gasteiger partial charge in [-0.05, 0) is 38.0 Å². The monoisotopic (exact) mass is 224 g/mol. The molecule has 0 spiro atoms. The fraction of sp³-hybridized carbons (Fsp3) is 0.462. The van der Waals surface area contributed by atoms with Crippen molar-refractivity contribution < 1.29 is 8.78 Å². The zero-order chi connectivity index (χ0) is 11.7. The van der Waals surface area contributed by atoms with E-state index in [-0.39, 0.29) is 5.92 Å². The quantitative estimate of drug-likeness (QED) is 0.746. The third-order valence-corrected chi connectivity index (χ3v) is 3.10. The van der Waals surface area contributed by atoms with Crippen molar-refractivity contribution in [3.05, 3.63) is 41.8 Å². The maximum atomic E-state index is 13.1. The summed E-state index contributed by atoms with van der Waals surface area (Å²) in [5.41, 5.74) is 0.737. The summed E-state index contributed by atoms with van der Waals surface area (Å²) in [7, 11) is 0. The van der Waals surface area contributed by atoms with Gasteiger partial charge in [0.2, 0.25) is 0 Å². The van der Waals surface area contributed by atoms with E-state index in [9.17, 15) is 8.78 Å². The normalized spacial score (nSPS) is 21.9. The summed E-state index contributed by atoms with van der Waals surface area (Å²) in [6, 6.07) is 4.24. The van der Waals surface area contributed by atoms with Crippen LogP contribution in [-0.2, 0) is 0 Å². The molecule has 1 radical (unpaired) electrons. The maximum absolute atomic E-state index is 13.1. The predicted octanol–water partition coefficient (Wildman–Crippen LogP) is 2.98. The van der Waals surface area contributed by atoms with Gasteiger partial charge < -0.3 is 4.90 Å².